The van der Waals surface area contributed by atoms with E-state index in [2.05, 4.69) is 63.8 Å². The lowest BCUT2D eigenvalue weighted by molar-refractivity contribution is 0.183. The van der Waals surface area contributed by atoms with Crippen molar-refractivity contribution in [2.75, 3.05) is 6.54 Å². The third-order valence-electron chi connectivity index (χ3n) is 7.11. The van der Waals surface area contributed by atoms with E-state index in [4.69, 9.17) is 9.40 Å². The van der Waals surface area contributed by atoms with Crippen molar-refractivity contribution in [2.24, 2.45) is 0 Å². The van der Waals surface area contributed by atoms with Crippen molar-refractivity contribution in [3.05, 3.63) is 83.9 Å². The average molecular weight is 499 g/mol. The second kappa shape index (κ2) is 10.2. The molecule has 6 rings (SSSR count). The van der Waals surface area contributed by atoms with Gasteiger partial charge in [-0.1, -0.05) is 55.7 Å². The summed E-state index contributed by atoms with van der Waals surface area (Å²) >= 11 is 1.64. The molecule has 0 aliphatic heterocycles. The second-order valence-corrected chi connectivity index (χ2v) is 10.4. The molecule has 2 aromatic carbocycles. The summed E-state index contributed by atoms with van der Waals surface area (Å²) in [6.45, 7) is 1.07. The molecule has 7 heteroatoms. The normalized spacial score (nSPS) is 14.4. The molecule has 0 unspecified atom stereocenters. The van der Waals surface area contributed by atoms with Crippen LogP contribution in [-0.4, -0.2) is 32.9 Å². The molecule has 1 fully saturated rings. The molecule has 36 heavy (non-hydrogen) atoms. The van der Waals surface area contributed by atoms with E-state index >= 15 is 0 Å². The topological polar surface area (TPSA) is 62.8 Å². The van der Waals surface area contributed by atoms with E-state index in [0.29, 0.717) is 13.1 Å². The smallest absolute Gasteiger partial charge is 0.318 e. The molecule has 0 radical (unpaired) electrons. The number of hydrogen-bond acceptors (Lipinski definition) is 4. The molecule has 5 aromatic rings. The summed E-state index contributed by atoms with van der Waals surface area (Å²) in [6.07, 6.45) is 10.3. The standard InChI is InChI=1S/C29H30N4O2S/c34-28(30-24-9-2-1-3-10-24)32(18-26-11-6-16-35-26)15-14-25-20-36-29-31-27(19-33(25)29)23-13-12-21-7-4-5-8-22(21)17-23/h4-8,11-13,16-17,19-20,24H,1-3,9-10,14-15,18H2,(H,30,34). The SMILES string of the molecule is O=C(NC1CCCCC1)N(CCc1csc2nc(-c3ccc4ccccc4c3)cn12)Cc1ccco1. The van der Waals surface area contributed by atoms with E-state index in [1.54, 1.807) is 17.6 Å². The second-order valence-electron chi connectivity index (χ2n) is 9.60. The minimum absolute atomic E-state index is 0.00717. The molecule has 6 nitrogen and oxygen atoms in total. The molecule has 1 N–H and O–H groups in total. The Balaban J connectivity index is 1.20. The first-order chi connectivity index (χ1) is 17.7. The van der Waals surface area contributed by atoms with Crippen LogP contribution in [0.15, 0.2) is 76.9 Å². The summed E-state index contributed by atoms with van der Waals surface area (Å²) in [5, 5.41) is 7.86. The number of hydrogen-bond donors (Lipinski definition) is 1. The number of rotatable bonds is 7. The molecular weight excluding hydrogens is 468 g/mol. The van der Waals surface area contributed by atoms with E-state index in [-0.39, 0.29) is 12.1 Å². The summed E-state index contributed by atoms with van der Waals surface area (Å²) < 4.78 is 7.73. The van der Waals surface area contributed by atoms with Gasteiger partial charge in [0, 0.05) is 41.8 Å². The maximum atomic E-state index is 13.2. The molecule has 3 aromatic heterocycles. The molecule has 0 atom stereocenters. The first kappa shape index (κ1) is 22.9. The molecule has 0 spiro atoms. The molecular formula is C29H30N4O2S. The summed E-state index contributed by atoms with van der Waals surface area (Å²) in [5.41, 5.74) is 3.24. The molecule has 1 saturated carbocycles. The van der Waals surface area contributed by atoms with Crippen LogP contribution in [0.1, 0.15) is 43.6 Å². The van der Waals surface area contributed by atoms with E-state index in [1.165, 1.54) is 30.0 Å². The van der Waals surface area contributed by atoms with Gasteiger partial charge in [-0.3, -0.25) is 4.40 Å². The lowest BCUT2D eigenvalue weighted by Gasteiger charge is -2.28. The fourth-order valence-electron chi connectivity index (χ4n) is 5.10. The Bertz CT molecular complexity index is 1460. The zero-order chi connectivity index (χ0) is 24.3. The highest BCUT2D eigenvalue weighted by molar-refractivity contribution is 7.15. The van der Waals surface area contributed by atoms with Gasteiger partial charge < -0.3 is 14.6 Å². The van der Waals surface area contributed by atoms with Gasteiger partial charge in [0.05, 0.1) is 18.5 Å². The van der Waals surface area contributed by atoms with Crippen LogP contribution in [0.4, 0.5) is 4.79 Å². The summed E-state index contributed by atoms with van der Waals surface area (Å²) in [7, 11) is 0. The van der Waals surface area contributed by atoms with Crippen molar-refractivity contribution in [3.8, 4) is 11.3 Å². The highest BCUT2D eigenvalue weighted by Gasteiger charge is 2.21. The number of carbonyl (C=O) groups excluding carboxylic acids is 1. The molecule has 0 bridgehead atoms. The number of nitrogens with zero attached hydrogens (tertiary/aromatic N) is 3. The number of urea groups is 1. The minimum Gasteiger partial charge on any atom is -0.467 e. The molecule has 2 amide bonds. The van der Waals surface area contributed by atoms with Crippen LogP contribution in [0.25, 0.3) is 27.0 Å². The van der Waals surface area contributed by atoms with Crippen molar-refractivity contribution in [3.63, 3.8) is 0 Å². The van der Waals surface area contributed by atoms with Gasteiger partial charge in [0.2, 0.25) is 0 Å². The largest absolute Gasteiger partial charge is 0.467 e. The molecule has 3 heterocycles. The van der Waals surface area contributed by atoms with Gasteiger partial charge in [-0.15, -0.1) is 11.3 Å². The molecule has 0 saturated heterocycles. The number of nitrogens with one attached hydrogen (secondary N) is 1. The van der Waals surface area contributed by atoms with Crippen molar-refractivity contribution in [2.45, 2.75) is 51.1 Å². The van der Waals surface area contributed by atoms with Crippen molar-refractivity contribution in [1.29, 1.82) is 0 Å². The molecule has 1 aliphatic rings. The number of imidazole rings is 1. The number of thiazole rings is 1. The van der Waals surface area contributed by atoms with Crippen LogP contribution in [0.3, 0.4) is 0 Å². The third-order valence-corrected chi connectivity index (χ3v) is 8.00. The molecule has 1 aliphatic carbocycles. The predicted molar refractivity (Wildman–Crippen MR) is 144 cm³/mol. The van der Waals surface area contributed by atoms with Gasteiger partial charge in [0.25, 0.3) is 0 Å². The predicted octanol–water partition coefficient (Wildman–Crippen LogP) is 6.90. The maximum absolute atomic E-state index is 13.2. The number of carbonyl (C=O) groups is 1. The van der Waals surface area contributed by atoms with Crippen molar-refractivity contribution >= 4 is 33.1 Å². The maximum Gasteiger partial charge on any atom is 0.318 e. The van der Waals surface area contributed by atoms with Crippen molar-refractivity contribution in [1.82, 2.24) is 19.6 Å². The van der Waals surface area contributed by atoms with Crippen molar-refractivity contribution < 1.29 is 9.21 Å². The van der Waals surface area contributed by atoms with Crippen LogP contribution in [-0.2, 0) is 13.0 Å². The average Bonchev–Trinajstić information content (AvgIpc) is 3.65. The van der Waals surface area contributed by atoms with Crippen LogP contribution in [0, 0.1) is 0 Å². The Labute approximate surface area is 214 Å². The van der Waals surface area contributed by atoms with Gasteiger partial charge in [0.1, 0.15) is 5.76 Å². The molecule has 184 valence electrons. The summed E-state index contributed by atoms with van der Waals surface area (Å²) in [6, 6.07) is 18.9. The minimum atomic E-state index is -0.00717. The van der Waals surface area contributed by atoms with Crippen LogP contribution >= 0.6 is 11.3 Å². The van der Waals surface area contributed by atoms with Crippen LogP contribution in [0.5, 0.6) is 0 Å². The summed E-state index contributed by atoms with van der Waals surface area (Å²) in [5.74, 6) is 0.797. The number of furan rings is 1. The monoisotopic (exact) mass is 498 g/mol. The van der Waals surface area contributed by atoms with E-state index in [0.717, 1.165) is 46.9 Å². The van der Waals surface area contributed by atoms with E-state index < -0.39 is 0 Å². The number of amides is 2. The Morgan fingerprint density at radius 2 is 1.94 bits per heavy atom. The van der Waals surface area contributed by atoms with E-state index in [1.807, 2.05) is 17.0 Å². The fraction of sp³-hybridized carbons (Fsp3) is 0.310. The number of aromatic nitrogens is 2. The quantitative estimate of drug-likeness (QED) is 0.266. The zero-order valence-corrected chi connectivity index (χ0v) is 21.0. The number of fused-ring (bicyclic) bond motifs is 2. The lowest BCUT2D eigenvalue weighted by atomic mass is 9.96. The Morgan fingerprint density at radius 3 is 2.78 bits per heavy atom. The fourth-order valence-corrected chi connectivity index (χ4v) is 6.01. The van der Waals surface area contributed by atoms with Gasteiger partial charge in [-0.05, 0) is 41.8 Å². The third kappa shape index (κ3) is 4.88. The van der Waals surface area contributed by atoms with Crippen LogP contribution < -0.4 is 5.32 Å². The first-order valence-electron chi connectivity index (χ1n) is 12.8. The van der Waals surface area contributed by atoms with E-state index in [9.17, 15) is 4.79 Å². The zero-order valence-electron chi connectivity index (χ0n) is 20.2. The Hall–Kier alpha value is -3.58. The lowest BCUT2D eigenvalue weighted by Crippen LogP contribution is -2.45. The number of benzene rings is 2. The van der Waals surface area contributed by atoms with Gasteiger partial charge in [0.15, 0.2) is 4.96 Å². The highest BCUT2D eigenvalue weighted by atomic mass is 32.1. The van der Waals surface area contributed by atoms with Gasteiger partial charge >= 0.3 is 6.03 Å². The van der Waals surface area contributed by atoms with Gasteiger partial charge in [-0.25, -0.2) is 9.78 Å². The van der Waals surface area contributed by atoms with Gasteiger partial charge in [-0.2, -0.15) is 0 Å². The Morgan fingerprint density at radius 1 is 1.08 bits per heavy atom. The Kier molecular flexibility index (Phi) is 6.47. The summed E-state index contributed by atoms with van der Waals surface area (Å²) in [4.78, 5) is 20.9. The van der Waals surface area contributed by atoms with Crippen LogP contribution in [0.2, 0.25) is 0 Å². The highest BCUT2D eigenvalue weighted by Crippen LogP contribution is 2.27. The first-order valence-corrected chi connectivity index (χ1v) is 13.6.